The standard InChI is InChI=1S/C20H13Cl3N4O4S2/c1-33(29,30)27-14-4-10-5-16(32-15(10)8-13(14)21)20(28)25-11-6-18(23)26-19(7-11)31-12-2-3-17(22)24-9-12/h2-9,27H,1H3,(H,25,26,28). The van der Waals surface area contributed by atoms with Crippen molar-refractivity contribution < 1.29 is 17.9 Å². The molecule has 0 spiro atoms. The van der Waals surface area contributed by atoms with Crippen LogP contribution in [0.25, 0.3) is 10.1 Å². The SMILES string of the molecule is CS(=O)(=O)Nc1cc2cc(C(=O)Nc3cc(Cl)nc(Oc4ccc(Cl)nc4)c3)sc2cc1Cl. The number of benzene rings is 1. The van der Waals surface area contributed by atoms with E-state index in [0.29, 0.717) is 26.9 Å². The van der Waals surface area contributed by atoms with Crippen LogP contribution in [-0.4, -0.2) is 30.5 Å². The van der Waals surface area contributed by atoms with Crippen LogP contribution in [0.5, 0.6) is 11.6 Å². The van der Waals surface area contributed by atoms with E-state index in [2.05, 4.69) is 20.0 Å². The largest absolute Gasteiger partial charge is 0.437 e. The molecule has 0 radical (unpaired) electrons. The Bertz CT molecular complexity index is 1470. The normalized spacial score (nSPS) is 11.4. The van der Waals surface area contributed by atoms with E-state index in [1.165, 1.54) is 29.7 Å². The number of pyridine rings is 2. The number of thiophene rings is 1. The predicted octanol–water partition coefficient (Wildman–Crippen LogP) is 6.07. The van der Waals surface area contributed by atoms with Crippen molar-refractivity contribution >= 4 is 83.5 Å². The first-order valence-electron chi connectivity index (χ1n) is 9.05. The third-order valence-corrected chi connectivity index (χ3v) is 6.49. The van der Waals surface area contributed by atoms with Crippen molar-refractivity contribution in [3.63, 3.8) is 0 Å². The highest BCUT2D eigenvalue weighted by atomic mass is 35.5. The number of carbonyl (C=O) groups is 1. The maximum atomic E-state index is 12.8. The summed E-state index contributed by atoms with van der Waals surface area (Å²) < 4.78 is 31.7. The first-order valence-corrected chi connectivity index (χ1v) is 12.9. The van der Waals surface area contributed by atoms with Gasteiger partial charge in [0, 0.05) is 16.5 Å². The minimum atomic E-state index is -3.50. The second-order valence-electron chi connectivity index (χ2n) is 6.74. The molecule has 2 N–H and O–H groups in total. The molecule has 1 aromatic carbocycles. The molecule has 4 aromatic rings. The lowest BCUT2D eigenvalue weighted by atomic mass is 10.2. The highest BCUT2D eigenvalue weighted by Crippen LogP contribution is 2.34. The molecule has 0 aliphatic rings. The lowest BCUT2D eigenvalue weighted by molar-refractivity contribution is 0.103. The Labute approximate surface area is 207 Å². The highest BCUT2D eigenvalue weighted by molar-refractivity contribution is 7.92. The van der Waals surface area contributed by atoms with Crippen LogP contribution in [0.1, 0.15) is 9.67 Å². The monoisotopic (exact) mass is 542 g/mol. The molecule has 0 atom stereocenters. The van der Waals surface area contributed by atoms with Gasteiger partial charge in [0.1, 0.15) is 16.1 Å². The molecule has 3 aromatic heterocycles. The molecule has 0 saturated carbocycles. The number of hydrogen-bond donors (Lipinski definition) is 2. The van der Waals surface area contributed by atoms with E-state index in [1.807, 2.05) is 0 Å². The minimum absolute atomic E-state index is 0.115. The fraction of sp³-hybridized carbons (Fsp3) is 0.0500. The lowest BCUT2D eigenvalue weighted by Gasteiger charge is -2.08. The van der Waals surface area contributed by atoms with E-state index in [4.69, 9.17) is 39.5 Å². The van der Waals surface area contributed by atoms with Crippen LogP contribution < -0.4 is 14.8 Å². The maximum absolute atomic E-state index is 12.8. The van der Waals surface area contributed by atoms with Crippen molar-refractivity contribution in [3.8, 4) is 11.6 Å². The van der Waals surface area contributed by atoms with Gasteiger partial charge < -0.3 is 10.1 Å². The molecule has 13 heteroatoms. The van der Waals surface area contributed by atoms with Gasteiger partial charge in [-0.3, -0.25) is 9.52 Å². The van der Waals surface area contributed by atoms with E-state index in [9.17, 15) is 13.2 Å². The second-order valence-corrected chi connectivity index (χ2v) is 10.8. The summed E-state index contributed by atoms with van der Waals surface area (Å²) in [7, 11) is -3.50. The summed E-state index contributed by atoms with van der Waals surface area (Å²) in [5.41, 5.74) is 0.600. The zero-order valence-corrected chi connectivity index (χ0v) is 20.5. The molecular formula is C20H13Cl3N4O4S2. The lowest BCUT2D eigenvalue weighted by Crippen LogP contribution is -2.10. The van der Waals surface area contributed by atoms with Crippen LogP contribution in [0, 0.1) is 0 Å². The van der Waals surface area contributed by atoms with Crippen LogP contribution >= 0.6 is 46.1 Å². The number of fused-ring (bicyclic) bond motifs is 1. The minimum Gasteiger partial charge on any atom is -0.437 e. The van der Waals surface area contributed by atoms with Gasteiger partial charge in [-0.2, -0.15) is 0 Å². The number of aromatic nitrogens is 2. The Hall–Kier alpha value is -2.63. The maximum Gasteiger partial charge on any atom is 0.265 e. The van der Waals surface area contributed by atoms with E-state index < -0.39 is 15.9 Å². The fourth-order valence-corrected chi connectivity index (χ4v) is 4.98. The van der Waals surface area contributed by atoms with Crippen molar-refractivity contribution in [2.45, 2.75) is 0 Å². The smallest absolute Gasteiger partial charge is 0.265 e. The molecule has 0 aliphatic carbocycles. The van der Waals surface area contributed by atoms with Gasteiger partial charge in [-0.15, -0.1) is 11.3 Å². The summed E-state index contributed by atoms with van der Waals surface area (Å²) in [5, 5.41) is 4.06. The number of carbonyl (C=O) groups excluding carboxylic acids is 1. The number of anilines is 2. The summed E-state index contributed by atoms with van der Waals surface area (Å²) in [4.78, 5) is 21.2. The van der Waals surface area contributed by atoms with Crippen molar-refractivity contribution in [3.05, 3.63) is 68.9 Å². The summed E-state index contributed by atoms with van der Waals surface area (Å²) in [6.07, 6.45) is 2.46. The van der Waals surface area contributed by atoms with Crippen LogP contribution in [0.15, 0.2) is 48.7 Å². The van der Waals surface area contributed by atoms with Gasteiger partial charge in [-0.05, 0) is 41.8 Å². The van der Waals surface area contributed by atoms with Gasteiger partial charge in [0.2, 0.25) is 15.9 Å². The third-order valence-electron chi connectivity index (χ3n) is 4.08. The van der Waals surface area contributed by atoms with Gasteiger partial charge >= 0.3 is 0 Å². The third kappa shape index (κ3) is 6.04. The fourth-order valence-electron chi connectivity index (χ4n) is 2.79. The highest BCUT2D eigenvalue weighted by Gasteiger charge is 2.15. The average Bonchev–Trinajstić information content (AvgIpc) is 3.11. The first-order chi connectivity index (χ1) is 15.6. The Morgan fingerprint density at radius 2 is 1.85 bits per heavy atom. The number of rotatable bonds is 6. The van der Waals surface area contributed by atoms with E-state index in [0.717, 1.165) is 11.0 Å². The van der Waals surface area contributed by atoms with E-state index in [1.54, 1.807) is 30.3 Å². The number of nitrogens with one attached hydrogen (secondary N) is 2. The quantitative estimate of drug-likeness (QED) is 0.286. The van der Waals surface area contributed by atoms with Gasteiger partial charge in [-0.25, -0.2) is 18.4 Å². The number of nitrogens with zero attached hydrogens (tertiary/aromatic N) is 2. The molecule has 0 saturated heterocycles. The zero-order valence-electron chi connectivity index (χ0n) is 16.6. The molecule has 0 aliphatic heterocycles. The van der Waals surface area contributed by atoms with Crippen LogP contribution in [0.2, 0.25) is 15.3 Å². The topological polar surface area (TPSA) is 110 Å². The van der Waals surface area contributed by atoms with E-state index in [-0.39, 0.29) is 21.7 Å². The molecule has 4 rings (SSSR count). The molecule has 0 unspecified atom stereocenters. The van der Waals surface area contributed by atoms with Gasteiger partial charge in [0.25, 0.3) is 5.91 Å². The van der Waals surface area contributed by atoms with Crippen molar-refractivity contribution in [1.29, 1.82) is 0 Å². The van der Waals surface area contributed by atoms with Gasteiger partial charge in [0.05, 0.1) is 28.0 Å². The average molecular weight is 544 g/mol. The summed E-state index contributed by atoms with van der Waals surface area (Å²) in [5.74, 6) is 0.152. The Morgan fingerprint density at radius 3 is 2.55 bits per heavy atom. The predicted molar refractivity (Wildman–Crippen MR) is 132 cm³/mol. The molecule has 0 bridgehead atoms. The van der Waals surface area contributed by atoms with Gasteiger partial charge in [0.15, 0.2) is 0 Å². The summed E-state index contributed by atoms with van der Waals surface area (Å²) >= 11 is 19.2. The van der Waals surface area contributed by atoms with Crippen molar-refractivity contribution in [2.24, 2.45) is 0 Å². The number of halogens is 3. The second kappa shape index (κ2) is 9.32. The Balaban J connectivity index is 1.56. The van der Waals surface area contributed by atoms with Gasteiger partial charge in [-0.1, -0.05) is 34.8 Å². The molecule has 170 valence electrons. The first kappa shape index (κ1) is 23.5. The summed E-state index contributed by atoms with van der Waals surface area (Å²) in [6, 6.07) is 11.0. The number of ether oxygens (including phenoxy) is 1. The Kier molecular flexibility index (Phi) is 6.64. The number of sulfonamides is 1. The zero-order chi connectivity index (χ0) is 23.8. The molecule has 1 amide bonds. The van der Waals surface area contributed by atoms with Crippen LogP contribution in [-0.2, 0) is 10.0 Å². The number of hydrogen-bond acceptors (Lipinski definition) is 7. The summed E-state index contributed by atoms with van der Waals surface area (Å²) in [6.45, 7) is 0. The van der Waals surface area contributed by atoms with Crippen LogP contribution in [0.3, 0.4) is 0 Å². The molecule has 33 heavy (non-hydrogen) atoms. The molecular weight excluding hydrogens is 531 g/mol. The Morgan fingerprint density at radius 1 is 1.06 bits per heavy atom. The van der Waals surface area contributed by atoms with Crippen molar-refractivity contribution in [2.75, 3.05) is 16.3 Å². The van der Waals surface area contributed by atoms with E-state index >= 15 is 0 Å². The molecule has 8 nitrogen and oxygen atoms in total. The number of amides is 1. The molecule has 3 heterocycles. The molecule has 0 fully saturated rings. The van der Waals surface area contributed by atoms with Crippen LogP contribution in [0.4, 0.5) is 11.4 Å². The van der Waals surface area contributed by atoms with Crippen molar-refractivity contribution in [1.82, 2.24) is 9.97 Å².